The fraction of sp³-hybridized carbons (Fsp3) is 0.167. The minimum absolute atomic E-state index is 0.217. The van der Waals surface area contributed by atoms with Crippen LogP contribution in [0.5, 0.6) is 5.75 Å². The fourth-order valence-corrected chi connectivity index (χ4v) is 3.05. The summed E-state index contributed by atoms with van der Waals surface area (Å²) in [6, 6.07) is 13.6. The molecule has 26 heavy (non-hydrogen) atoms. The molecule has 0 atom stereocenters. The van der Waals surface area contributed by atoms with E-state index in [0.29, 0.717) is 33.2 Å². The normalized spacial score (nSPS) is 11.2. The van der Waals surface area contributed by atoms with E-state index in [1.54, 1.807) is 42.5 Å². The number of rotatable bonds is 6. The van der Waals surface area contributed by atoms with E-state index in [2.05, 4.69) is 5.10 Å². The van der Waals surface area contributed by atoms with E-state index in [9.17, 15) is 13.9 Å². The maximum atomic E-state index is 13.2. The monoisotopic (exact) mass is 377 g/mol. The molecule has 0 saturated heterocycles. The zero-order valence-corrected chi connectivity index (χ0v) is 14.7. The SMILES string of the molecule is COc1cccc(-c2cc(C(F)F)nn2-c2ccc(SN)c(CO)c2)c1. The Balaban J connectivity index is 2.17. The summed E-state index contributed by atoms with van der Waals surface area (Å²) in [5.74, 6) is 0.611. The summed E-state index contributed by atoms with van der Waals surface area (Å²) >= 11 is 1.01. The van der Waals surface area contributed by atoms with E-state index in [4.69, 9.17) is 9.88 Å². The number of alkyl halides is 2. The number of nitrogens with two attached hydrogens (primary N) is 1. The number of halogens is 2. The third-order valence-corrected chi connectivity index (χ3v) is 4.56. The Labute approximate surface area is 153 Å². The Kier molecular flexibility index (Phi) is 5.55. The first-order chi connectivity index (χ1) is 12.6. The predicted molar refractivity (Wildman–Crippen MR) is 96.5 cm³/mol. The molecular formula is C18H17F2N3O2S. The molecule has 3 N–H and O–H groups in total. The number of ether oxygens (including phenoxy) is 1. The molecule has 1 heterocycles. The van der Waals surface area contributed by atoms with E-state index in [-0.39, 0.29) is 12.3 Å². The molecule has 0 aliphatic heterocycles. The Morgan fingerprint density at radius 2 is 2.04 bits per heavy atom. The van der Waals surface area contributed by atoms with Crippen molar-refractivity contribution < 1.29 is 18.6 Å². The Morgan fingerprint density at radius 1 is 1.23 bits per heavy atom. The van der Waals surface area contributed by atoms with Gasteiger partial charge in [0, 0.05) is 10.5 Å². The van der Waals surface area contributed by atoms with Crippen molar-refractivity contribution in [3.05, 3.63) is 59.8 Å². The van der Waals surface area contributed by atoms with Crippen LogP contribution in [0.15, 0.2) is 53.4 Å². The summed E-state index contributed by atoms with van der Waals surface area (Å²) in [5, 5.41) is 19.2. The molecule has 3 rings (SSSR count). The van der Waals surface area contributed by atoms with Crippen molar-refractivity contribution in [3.8, 4) is 22.7 Å². The van der Waals surface area contributed by atoms with Crippen LogP contribution in [0.2, 0.25) is 0 Å². The quantitative estimate of drug-likeness (QED) is 0.637. The highest BCUT2D eigenvalue weighted by Crippen LogP contribution is 2.31. The summed E-state index contributed by atoms with van der Waals surface area (Å²) < 4.78 is 33.1. The molecule has 0 spiro atoms. The molecule has 0 saturated carbocycles. The largest absolute Gasteiger partial charge is 0.497 e. The zero-order valence-electron chi connectivity index (χ0n) is 13.9. The van der Waals surface area contributed by atoms with Gasteiger partial charge in [-0.05, 0) is 53.9 Å². The van der Waals surface area contributed by atoms with Crippen molar-refractivity contribution in [1.82, 2.24) is 9.78 Å². The molecule has 0 unspecified atom stereocenters. The molecule has 5 nitrogen and oxygen atoms in total. The molecule has 8 heteroatoms. The van der Waals surface area contributed by atoms with Crippen molar-refractivity contribution in [2.24, 2.45) is 5.14 Å². The predicted octanol–water partition coefficient (Wildman–Crippen LogP) is 3.94. The van der Waals surface area contributed by atoms with Crippen LogP contribution < -0.4 is 9.88 Å². The standard InChI is InChI=1S/C18H17F2N3O2S/c1-25-14-4-2-3-11(8-14)16-9-15(18(19)20)22-23(16)13-5-6-17(26-21)12(7-13)10-24/h2-9,18,24H,10,21H2,1H3. The van der Waals surface area contributed by atoms with Crippen LogP contribution in [0.1, 0.15) is 17.7 Å². The highest BCUT2D eigenvalue weighted by Gasteiger charge is 2.18. The van der Waals surface area contributed by atoms with Crippen LogP contribution in [0.4, 0.5) is 8.78 Å². The van der Waals surface area contributed by atoms with Crippen molar-refractivity contribution in [1.29, 1.82) is 0 Å². The molecule has 0 aliphatic carbocycles. The third-order valence-electron chi connectivity index (χ3n) is 3.90. The van der Waals surface area contributed by atoms with E-state index in [1.165, 1.54) is 17.9 Å². The van der Waals surface area contributed by atoms with Gasteiger partial charge in [0.1, 0.15) is 11.4 Å². The molecule has 0 fully saturated rings. The van der Waals surface area contributed by atoms with Crippen molar-refractivity contribution in [2.45, 2.75) is 17.9 Å². The minimum atomic E-state index is -2.70. The molecule has 136 valence electrons. The Morgan fingerprint density at radius 3 is 2.69 bits per heavy atom. The first-order valence-electron chi connectivity index (χ1n) is 7.70. The zero-order chi connectivity index (χ0) is 18.7. The molecule has 3 aromatic rings. The van der Waals surface area contributed by atoms with Gasteiger partial charge in [-0.2, -0.15) is 5.10 Å². The van der Waals surface area contributed by atoms with Gasteiger partial charge in [-0.25, -0.2) is 13.5 Å². The topological polar surface area (TPSA) is 73.3 Å². The lowest BCUT2D eigenvalue weighted by Crippen LogP contribution is -2.02. The van der Waals surface area contributed by atoms with Gasteiger partial charge < -0.3 is 9.84 Å². The van der Waals surface area contributed by atoms with Gasteiger partial charge in [0.15, 0.2) is 0 Å². The number of nitrogens with zero attached hydrogens (tertiary/aromatic N) is 2. The molecule has 0 bridgehead atoms. The maximum Gasteiger partial charge on any atom is 0.282 e. The van der Waals surface area contributed by atoms with Gasteiger partial charge in [0.2, 0.25) is 0 Å². The highest BCUT2D eigenvalue weighted by atomic mass is 32.2. The summed E-state index contributed by atoms with van der Waals surface area (Å²) in [6.45, 7) is -0.217. The summed E-state index contributed by atoms with van der Waals surface area (Å²) in [4.78, 5) is 0.709. The molecular weight excluding hydrogens is 360 g/mol. The number of hydrogen-bond acceptors (Lipinski definition) is 5. The lowest BCUT2D eigenvalue weighted by atomic mass is 10.1. The van der Waals surface area contributed by atoms with Crippen LogP contribution in [0, 0.1) is 0 Å². The third kappa shape index (κ3) is 3.57. The lowest BCUT2D eigenvalue weighted by molar-refractivity contribution is 0.145. The fourth-order valence-electron chi connectivity index (χ4n) is 2.63. The van der Waals surface area contributed by atoms with Crippen LogP contribution in [0.3, 0.4) is 0 Å². The maximum absolute atomic E-state index is 13.2. The van der Waals surface area contributed by atoms with Crippen LogP contribution in [-0.4, -0.2) is 22.0 Å². The van der Waals surface area contributed by atoms with Crippen molar-refractivity contribution >= 4 is 11.9 Å². The van der Waals surface area contributed by atoms with Gasteiger partial charge in [-0.1, -0.05) is 12.1 Å². The lowest BCUT2D eigenvalue weighted by Gasteiger charge is -2.11. The molecule has 0 aliphatic rings. The van der Waals surface area contributed by atoms with Crippen molar-refractivity contribution in [2.75, 3.05) is 7.11 Å². The van der Waals surface area contributed by atoms with Crippen LogP contribution >= 0.6 is 11.9 Å². The van der Waals surface area contributed by atoms with E-state index >= 15 is 0 Å². The van der Waals surface area contributed by atoms with Gasteiger partial charge in [-0.3, -0.25) is 5.14 Å². The molecule has 0 radical (unpaired) electrons. The average Bonchev–Trinajstić information content (AvgIpc) is 3.13. The molecule has 0 amide bonds. The Hall–Kier alpha value is -2.42. The first-order valence-corrected chi connectivity index (χ1v) is 8.58. The molecule has 2 aromatic carbocycles. The van der Waals surface area contributed by atoms with E-state index in [1.807, 2.05) is 0 Å². The average molecular weight is 377 g/mol. The van der Waals surface area contributed by atoms with Crippen LogP contribution in [-0.2, 0) is 6.61 Å². The number of aliphatic hydroxyl groups is 1. The second kappa shape index (κ2) is 7.86. The second-order valence-corrected chi connectivity index (χ2v) is 6.14. The highest BCUT2D eigenvalue weighted by molar-refractivity contribution is 7.97. The summed E-state index contributed by atoms with van der Waals surface area (Å²) in [6.07, 6.45) is -2.70. The molecule has 1 aromatic heterocycles. The summed E-state index contributed by atoms with van der Waals surface area (Å²) in [5.41, 5.74) is 2.01. The first kappa shape index (κ1) is 18.4. The number of methoxy groups -OCH3 is 1. The van der Waals surface area contributed by atoms with Gasteiger partial charge >= 0.3 is 0 Å². The Bertz CT molecular complexity index is 915. The second-order valence-electron chi connectivity index (χ2n) is 5.47. The minimum Gasteiger partial charge on any atom is -0.497 e. The van der Waals surface area contributed by atoms with Gasteiger partial charge in [0.05, 0.1) is 25.1 Å². The van der Waals surface area contributed by atoms with E-state index < -0.39 is 6.43 Å². The van der Waals surface area contributed by atoms with Gasteiger partial charge in [-0.15, -0.1) is 0 Å². The summed E-state index contributed by atoms with van der Waals surface area (Å²) in [7, 11) is 1.54. The van der Waals surface area contributed by atoms with Gasteiger partial charge in [0.25, 0.3) is 6.43 Å². The van der Waals surface area contributed by atoms with Crippen LogP contribution in [0.25, 0.3) is 16.9 Å². The number of benzene rings is 2. The number of aliphatic hydroxyl groups excluding tert-OH is 1. The smallest absolute Gasteiger partial charge is 0.282 e. The number of hydrogen-bond donors (Lipinski definition) is 2. The van der Waals surface area contributed by atoms with Crippen molar-refractivity contribution in [3.63, 3.8) is 0 Å². The van der Waals surface area contributed by atoms with E-state index in [0.717, 1.165) is 11.9 Å². The number of aromatic nitrogens is 2.